The first-order valence-corrected chi connectivity index (χ1v) is 4.89. The van der Waals surface area contributed by atoms with Gasteiger partial charge in [-0.25, -0.2) is 4.79 Å². The number of ether oxygens (including phenoxy) is 1. The summed E-state index contributed by atoms with van der Waals surface area (Å²) in [6.45, 7) is 5.53. The van der Waals surface area contributed by atoms with Crippen LogP contribution in [0.2, 0.25) is 0 Å². The van der Waals surface area contributed by atoms with Gasteiger partial charge in [0.2, 0.25) is 0 Å². The Morgan fingerprint density at radius 2 is 2.44 bits per heavy atom. The summed E-state index contributed by atoms with van der Waals surface area (Å²) in [5, 5.41) is 8.45. The second-order valence-corrected chi connectivity index (χ2v) is 3.32. The number of hydrogen-bond donors (Lipinski definition) is 1. The van der Waals surface area contributed by atoms with Crippen molar-refractivity contribution in [2.24, 2.45) is 0 Å². The van der Waals surface area contributed by atoms with Crippen molar-refractivity contribution in [1.29, 1.82) is 0 Å². The monoisotopic (exact) mass is 221 g/mol. The fourth-order valence-electron chi connectivity index (χ4n) is 1.32. The summed E-state index contributed by atoms with van der Waals surface area (Å²) in [5.74, 6) is -0.966. The lowest BCUT2D eigenvalue weighted by Gasteiger charge is -2.06. The highest BCUT2D eigenvalue weighted by molar-refractivity contribution is 5.67. The van der Waals surface area contributed by atoms with Gasteiger partial charge in [-0.3, -0.25) is 0 Å². The first-order valence-electron chi connectivity index (χ1n) is 4.89. The van der Waals surface area contributed by atoms with Crippen molar-refractivity contribution in [3.63, 3.8) is 0 Å². The summed E-state index contributed by atoms with van der Waals surface area (Å²) in [5.41, 5.74) is 2.10. The Balaban J connectivity index is 2.68. The summed E-state index contributed by atoms with van der Waals surface area (Å²) in [4.78, 5) is 10.3. The first kappa shape index (κ1) is 12.3. The highest BCUT2D eigenvalue weighted by Gasteiger charge is 2.03. The minimum atomic E-state index is -0.966. The van der Waals surface area contributed by atoms with Crippen LogP contribution in [0.3, 0.4) is 0 Å². The van der Waals surface area contributed by atoms with Gasteiger partial charge in [0.05, 0.1) is 0 Å². The molecular weight excluding hydrogens is 206 g/mol. The molecule has 0 unspecified atom stereocenters. The van der Waals surface area contributed by atoms with Crippen LogP contribution in [0.5, 0.6) is 0 Å². The molecule has 0 fully saturated rings. The maximum atomic E-state index is 10.3. The van der Waals surface area contributed by atoms with Crippen molar-refractivity contribution in [1.82, 2.24) is 4.57 Å². The predicted molar refractivity (Wildman–Crippen MR) is 62.0 cm³/mol. The molecule has 1 aromatic heterocycles. The highest BCUT2D eigenvalue weighted by atomic mass is 16.5. The molecule has 0 aliphatic rings. The van der Waals surface area contributed by atoms with Crippen LogP contribution in [0.1, 0.15) is 11.3 Å². The normalized spacial score (nSPS) is 10.8. The lowest BCUT2D eigenvalue weighted by atomic mass is 10.2. The molecule has 0 bridgehead atoms. The minimum Gasteiger partial charge on any atom is -0.480 e. The smallest absolute Gasteiger partial charge is 0.329 e. The maximum absolute atomic E-state index is 10.3. The number of nitrogens with zero attached hydrogens (tertiary/aromatic N) is 1. The fourth-order valence-corrected chi connectivity index (χ4v) is 1.32. The predicted octanol–water partition coefficient (Wildman–Crippen LogP) is 2.05. The second kappa shape index (κ2) is 5.92. The molecule has 0 saturated carbocycles. The van der Waals surface area contributed by atoms with Gasteiger partial charge in [-0.05, 0) is 24.6 Å². The van der Waals surface area contributed by atoms with Gasteiger partial charge in [-0.2, -0.15) is 0 Å². The summed E-state index contributed by atoms with van der Waals surface area (Å²) >= 11 is 0. The van der Waals surface area contributed by atoms with Crippen LogP contribution in [-0.4, -0.2) is 22.2 Å². The average Bonchev–Trinajstić information content (AvgIpc) is 2.57. The van der Waals surface area contributed by atoms with E-state index in [9.17, 15) is 4.79 Å². The van der Waals surface area contributed by atoms with E-state index in [2.05, 4.69) is 6.58 Å². The Hall–Kier alpha value is -1.81. The molecule has 1 aromatic rings. The van der Waals surface area contributed by atoms with E-state index in [1.807, 2.05) is 35.9 Å². The standard InChI is InChI=1S/C12H15NO3/c1-3-4-5-11-10(2)6-7-13(11)9-16-8-12(14)15/h3-7H,1,8-9H2,2H3,(H,14,15)/b5-4-. The molecule has 0 saturated heterocycles. The van der Waals surface area contributed by atoms with Crippen LogP contribution >= 0.6 is 0 Å². The Morgan fingerprint density at radius 3 is 3.06 bits per heavy atom. The van der Waals surface area contributed by atoms with Gasteiger partial charge >= 0.3 is 5.97 Å². The van der Waals surface area contributed by atoms with Gasteiger partial charge in [-0.15, -0.1) is 0 Å². The number of aryl methyl sites for hydroxylation is 1. The van der Waals surface area contributed by atoms with E-state index in [4.69, 9.17) is 9.84 Å². The third kappa shape index (κ3) is 3.40. The largest absolute Gasteiger partial charge is 0.480 e. The summed E-state index contributed by atoms with van der Waals surface area (Å²) in [6, 6.07) is 1.95. The summed E-state index contributed by atoms with van der Waals surface area (Å²) in [7, 11) is 0. The zero-order chi connectivity index (χ0) is 12.0. The molecule has 0 atom stereocenters. The highest BCUT2D eigenvalue weighted by Crippen LogP contribution is 2.12. The average molecular weight is 221 g/mol. The lowest BCUT2D eigenvalue weighted by Crippen LogP contribution is -2.10. The fraction of sp³-hybridized carbons (Fsp3) is 0.250. The molecule has 0 amide bonds. The van der Waals surface area contributed by atoms with E-state index in [1.165, 1.54) is 0 Å². The topological polar surface area (TPSA) is 51.5 Å². The second-order valence-electron chi connectivity index (χ2n) is 3.32. The zero-order valence-electron chi connectivity index (χ0n) is 9.22. The van der Waals surface area contributed by atoms with E-state index in [0.29, 0.717) is 0 Å². The molecule has 1 heterocycles. The molecule has 0 aliphatic carbocycles. The van der Waals surface area contributed by atoms with Gasteiger partial charge in [0, 0.05) is 11.9 Å². The number of carboxylic acids is 1. The van der Waals surface area contributed by atoms with Gasteiger partial charge < -0.3 is 14.4 Å². The zero-order valence-corrected chi connectivity index (χ0v) is 9.22. The van der Waals surface area contributed by atoms with Crippen LogP contribution in [0.25, 0.3) is 6.08 Å². The molecule has 0 spiro atoms. The summed E-state index contributed by atoms with van der Waals surface area (Å²) in [6.07, 6.45) is 7.29. The van der Waals surface area contributed by atoms with E-state index >= 15 is 0 Å². The van der Waals surface area contributed by atoms with Gasteiger partial charge in [0.25, 0.3) is 0 Å². The molecule has 0 radical (unpaired) electrons. The van der Waals surface area contributed by atoms with E-state index in [0.717, 1.165) is 11.3 Å². The third-order valence-corrected chi connectivity index (χ3v) is 2.06. The van der Waals surface area contributed by atoms with Crippen LogP contribution in [-0.2, 0) is 16.3 Å². The van der Waals surface area contributed by atoms with Crippen LogP contribution in [0.15, 0.2) is 31.0 Å². The summed E-state index contributed by atoms with van der Waals surface area (Å²) < 4.78 is 6.86. The number of hydrogen-bond acceptors (Lipinski definition) is 2. The Morgan fingerprint density at radius 1 is 1.69 bits per heavy atom. The Bertz CT molecular complexity index is 404. The van der Waals surface area contributed by atoms with E-state index in [1.54, 1.807) is 6.08 Å². The molecule has 4 heteroatoms. The minimum absolute atomic E-state index is 0.233. The lowest BCUT2D eigenvalue weighted by molar-refractivity contribution is -0.143. The van der Waals surface area contributed by atoms with Crippen LogP contribution < -0.4 is 0 Å². The number of carbonyl (C=O) groups is 1. The SMILES string of the molecule is C=C/C=C\c1c(C)ccn1COCC(=O)O. The van der Waals surface area contributed by atoms with Crippen LogP contribution in [0.4, 0.5) is 0 Å². The third-order valence-electron chi connectivity index (χ3n) is 2.06. The van der Waals surface area contributed by atoms with Crippen LogP contribution in [0, 0.1) is 6.92 Å². The number of aromatic nitrogens is 1. The maximum Gasteiger partial charge on any atom is 0.329 e. The van der Waals surface area contributed by atoms with E-state index in [-0.39, 0.29) is 13.3 Å². The molecule has 0 aliphatic heterocycles. The first-order chi connectivity index (χ1) is 7.65. The molecule has 1 rings (SSSR count). The molecule has 86 valence electrons. The van der Waals surface area contributed by atoms with Crippen molar-refractivity contribution in [3.05, 3.63) is 42.3 Å². The molecular formula is C12H15NO3. The van der Waals surface area contributed by atoms with Gasteiger partial charge in [-0.1, -0.05) is 18.7 Å². The number of rotatable bonds is 6. The van der Waals surface area contributed by atoms with Crippen molar-refractivity contribution in [2.45, 2.75) is 13.7 Å². The number of allylic oxidation sites excluding steroid dienone is 2. The van der Waals surface area contributed by atoms with Crippen molar-refractivity contribution < 1.29 is 14.6 Å². The Kier molecular flexibility index (Phi) is 4.54. The quantitative estimate of drug-likeness (QED) is 0.748. The Labute approximate surface area is 94.5 Å². The van der Waals surface area contributed by atoms with Crippen molar-refractivity contribution in [2.75, 3.05) is 6.61 Å². The molecule has 0 aromatic carbocycles. The van der Waals surface area contributed by atoms with Crippen molar-refractivity contribution in [3.8, 4) is 0 Å². The van der Waals surface area contributed by atoms with Crippen molar-refractivity contribution >= 4 is 12.0 Å². The molecule has 1 N–H and O–H groups in total. The number of carboxylic acid groups (broad SMARTS) is 1. The van der Waals surface area contributed by atoms with Gasteiger partial charge in [0.1, 0.15) is 13.3 Å². The molecule has 16 heavy (non-hydrogen) atoms. The van der Waals surface area contributed by atoms with E-state index < -0.39 is 5.97 Å². The molecule has 4 nitrogen and oxygen atoms in total. The van der Waals surface area contributed by atoms with Gasteiger partial charge in [0.15, 0.2) is 0 Å². The number of aliphatic carboxylic acids is 1.